The van der Waals surface area contributed by atoms with Gasteiger partial charge in [0.05, 0.1) is 12.7 Å². The van der Waals surface area contributed by atoms with E-state index in [9.17, 15) is 5.11 Å². The molecule has 2 heterocycles. The van der Waals surface area contributed by atoms with Crippen molar-refractivity contribution < 1.29 is 14.6 Å². The zero-order chi connectivity index (χ0) is 22.6. The number of aliphatic imine (C=N–C) groups is 1. The Kier molecular flexibility index (Phi) is 6.60. The van der Waals surface area contributed by atoms with Crippen LogP contribution in [0.5, 0.6) is 11.5 Å². The largest absolute Gasteiger partial charge is 0.486 e. The van der Waals surface area contributed by atoms with E-state index in [1.165, 1.54) is 18.4 Å². The molecule has 174 valence electrons. The molecule has 0 radical (unpaired) electrons. The van der Waals surface area contributed by atoms with Crippen molar-refractivity contribution >= 4 is 5.96 Å². The molecule has 1 atom stereocenters. The Bertz CT molecular complexity index is 947. The highest BCUT2D eigenvalue weighted by Crippen LogP contribution is 2.43. The van der Waals surface area contributed by atoms with E-state index in [2.05, 4.69) is 32.9 Å². The lowest BCUT2D eigenvalue weighted by Gasteiger charge is -2.32. The number of ether oxygens (including phenoxy) is 2. The number of hydrogen-bond acceptors (Lipinski definition) is 5. The minimum atomic E-state index is -1.09. The molecule has 1 saturated carbocycles. The van der Waals surface area contributed by atoms with Crippen LogP contribution in [0.25, 0.3) is 0 Å². The Balaban J connectivity index is 1.49. The van der Waals surface area contributed by atoms with Crippen LogP contribution in [-0.4, -0.2) is 53.7 Å². The average molecular weight is 442 g/mol. The first-order valence-electron chi connectivity index (χ1n) is 11.6. The number of aromatic nitrogens is 2. The molecule has 0 spiro atoms. The Morgan fingerprint density at radius 1 is 1.22 bits per heavy atom. The molecule has 32 heavy (non-hydrogen) atoms. The summed E-state index contributed by atoms with van der Waals surface area (Å²) in [5.74, 6) is 2.38. The first-order chi connectivity index (χ1) is 15.4. The molecule has 1 fully saturated rings. The van der Waals surface area contributed by atoms with E-state index >= 15 is 0 Å². The van der Waals surface area contributed by atoms with Gasteiger partial charge in [0.15, 0.2) is 17.5 Å². The number of nitrogens with zero attached hydrogens (tertiary/aromatic N) is 3. The fraction of sp³-hybridized carbons (Fsp3) is 0.583. The first-order valence-corrected chi connectivity index (χ1v) is 11.6. The van der Waals surface area contributed by atoms with Crippen LogP contribution in [0.4, 0.5) is 0 Å². The van der Waals surface area contributed by atoms with Gasteiger partial charge in [-0.1, -0.05) is 18.9 Å². The quantitative estimate of drug-likeness (QED) is 0.452. The van der Waals surface area contributed by atoms with Gasteiger partial charge in [-0.15, -0.1) is 0 Å². The molecular formula is C24H35N5O3. The third-order valence-corrected chi connectivity index (χ3v) is 6.53. The van der Waals surface area contributed by atoms with Gasteiger partial charge in [0.25, 0.3) is 0 Å². The lowest BCUT2D eigenvalue weighted by molar-refractivity contribution is 0.0671. The van der Waals surface area contributed by atoms with Crippen LogP contribution in [0.3, 0.4) is 0 Å². The van der Waals surface area contributed by atoms with Gasteiger partial charge < -0.3 is 25.2 Å². The predicted octanol–water partition coefficient (Wildman–Crippen LogP) is 2.47. The standard InChI is InChI=1S/C24H35N5O3/c1-4-25-22(26-16-23(2,30)19-14-28-29(3)15-19)27-17-24(9-5-6-10-24)18-7-8-20-21(13-18)32-12-11-31-20/h7-8,13-15,30H,4-6,9-12,16-17H2,1-3H3,(H2,25,26,27). The number of hydrogen-bond donors (Lipinski definition) is 3. The Morgan fingerprint density at radius 2 is 1.97 bits per heavy atom. The third-order valence-electron chi connectivity index (χ3n) is 6.53. The Labute approximate surface area is 190 Å². The van der Waals surface area contributed by atoms with E-state index in [0.29, 0.717) is 19.2 Å². The summed E-state index contributed by atoms with van der Waals surface area (Å²) in [6, 6.07) is 6.37. The SMILES string of the molecule is CCNC(=NCC(C)(O)c1cnn(C)c1)NCC1(c2ccc3c(c2)OCCO3)CCCC1. The van der Waals surface area contributed by atoms with Crippen molar-refractivity contribution in [1.29, 1.82) is 0 Å². The summed E-state index contributed by atoms with van der Waals surface area (Å²) in [7, 11) is 1.84. The van der Waals surface area contributed by atoms with E-state index in [1.54, 1.807) is 17.8 Å². The first kappa shape index (κ1) is 22.5. The van der Waals surface area contributed by atoms with Gasteiger partial charge >= 0.3 is 0 Å². The maximum absolute atomic E-state index is 10.9. The van der Waals surface area contributed by atoms with Gasteiger partial charge in [0.2, 0.25) is 0 Å². The van der Waals surface area contributed by atoms with E-state index in [-0.39, 0.29) is 12.0 Å². The van der Waals surface area contributed by atoms with Crippen LogP contribution in [0.2, 0.25) is 0 Å². The summed E-state index contributed by atoms with van der Waals surface area (Å²) < 4.78 is 13.2. The lowest BCUT2D eigenvalue weighted by Crippen LogP contribution is -2.45. The molecule has 8 heteroatoms. The van der Waals surface area contributed by atoms with Crippen LogP contribution in [0.1, 0.15) is 50.7 Å². The van der Waals surface area contributed by atoms with E-state index in [1.807, 2.05) is 26.2 Å². The molecule has 1 aromatic carbocycles. The van der Waals surface area contributed by atoms with Gasteiger partial charge in [-0.3, -0.25) is 4.68 Å². The van der Waals surface area contributed by atoms with Crippen LogP contribution < -0.4 is 20.1 Å². The van der Waals surface area contributed by atoms with Crippen molar-refractivity contribution in [1.82, 2.24) is 20.4 Å². The number of guanidine groups is 1. The highest BCUT2D eigenvalue weighted by atomic mass is 16.6. The van der Waals surface area contributed by atoms with E-state index < -0.39 is 5.60 Å². The minimum Gasteiger partial charge on any atom is -0.486 e. The average Bonchev–Trinajstić information content (AvgIpc) is 3.46. The maximum Gasteiger partial charge on any atom is 0.191 e. The van der Waals surface area contributed by atoms with Crippen LogP contribution in [0, 0.1) is 0 Å². The zero-order valence-electron chi connectivity index (χ0n) is 19.4. The molecule has 0 saturated heterocycles. The molecule has 1 aliphatic carbocycles. The van der Waals surface area contributed by atoms with Gasteiger partial charge in [-0.05, 0) is 44.4 Å². The van der Waals surface area contributed by atoms with Gasteiger partial charge in [0.1, 0.15) is 18.8 Å². The molecule has 1 aliphatic heterocycles. The second-order valence-electron chi connectivity index (χ2n) is 9.07. The number of rotatable bonds is 7. The number of nitrogens with one attached hydrogen (secondary N) is 2. The smallest absolute Gasteiger partial charge is 0.191 e. The molecule has 8 nitrogen and oxygen atoms in total. The highest BCUT2D eigenvalue weighted by Gasteiger charge is 2.36. The fourth-order valence-corrected chi connectivity index (χ4v) is 4.61. The van der Waals surface area contributed by atoms with Crippen LogP contribution in [-0.2, 0) is 18.1 Å². The summed E-state index contributed by atoms with van der Waals surface area (Å²) >= 11 is 0. The summed E-state index contributed by atoms with van der Waals surface area (Å²) in [6.07, 6.45) is 8.16. The molecule has 1 aromatic heterocycles. The highest BCUT2D eigenvalue weighted by molar-refractivity contribution is 5.80. The minimum absolute atomic E-state index is 0.0257. The molecule has 2 aromatic rings. The van der Waals surface area contributed by atoms with Crippen molar-refractivity contribution in [3.05, 3.63) is 41.7 Å². The second-order valence-corrected chi connectivity index (χ2v) is 9.07. The van der Waals surface area contributed by atoms with Crippen molar-refractivity contribution in [2.45, 2.75) is 50.5 Å². The molecule has 0 bridgehead atoms. The van der Waals surface area contributed by atoms with Crippen molar-refractivity contribution in [2.75, 3.05) is 32.8 Å². The van der Waals surface area contributed by atoms with Crippen molar-refractivity contribution in [3.63, 3.8) is 0 Å². The van der Waals surface area contributed by atoms with Gasteiger partial charge in [-0.25, -0.2) is 4.99 Å². The Hall–Kier alpha value is -2.74. The molecule has 4 rings (SSSR count). The molecule has 3 N–H and O–H groups in total. The number of benzene rings is 1. The predicted molar refractivity (Wildman–Crippen MR) is 124 cm³/mol. The molecule has 1 unspecified atom stereocenters. The molecular weight excluding hydrogens is 406 g/mol. The van der Waals surface area contributed by atoms with Gasteiger partial charge in [0, 0.05) is 37.3 Å². The van der Waals surface area contributed by atoms with Crippen LogP contribution in [0.15, 0.2) is 35.6 Å². The lowest BCUT2D eigenvalue weighted by atomic mass is 9.78. The topological polar surface area (TPSA) is 92.9 Å². The number of aryl methyl sites for hydroxylation is 1. The van der Waals surface area contributed by atoms with Crippen molar-refractivity contribution in [3.8, 4) is 11.5 Å². The number of fused-ring (bicyclic) bond motifs is 1. The molecule has 0 amide bonds. The normalized spacial score (nSPS) is 19.4. The third kappa shape index (κ3) is 4.85. The second kappa shape index (κ2) is 9.40. The van der Waals surface area contributed by atoms with Crippen molar-refractivity contribution in [2.24, 2.45) is 12.0 Å². The van der Waals surface area contributed by atoms with E-state index in [0.717, 1.165) is 43.0 Å². The van der Waals surface area contributed by atoms with Crippen LogP contribution >= 0.6 is 0 Å². The zero-order valence-corrected chi connectivity index (χ0v) is 19.4. The number of aliphatic hydroxyl groups is 1. The molecule has 2 aliphatic rings. The summed E-state index contributed by atoms with van der Waals surface area (Å²) in [6.45, 7) is 6.77. The van der Waals surface area contributed by atoms with Gasteiger partial charge in [-0.2, -0.15) is 5.10 Å². The summed E-state index contributed by atoms with van der Waals surface area (Å²) in [5, 5.41) is 21.9. The Morgan fingerprint density at radius 3 is 2.66 bits per heavy atom. The fourth-order valence-electron chi connectivity index (χ4n) is 4.61. The summed E-state index contributed by atoms with van der Waals surface area (Å²) in [4.78, 5) is 4.69. The van der Waals surface area contributed by atoms with E-state index in [4.69, 9.17) is 9.47 Å². The summed E-state index contributed by atoms with van der Waals surface area (Å²) in [5.41, 5.74) is 0.975. The maximum atomic E-state index is 10.9. The monoisotopic (exact) mass is 441 g/mol.